The van der Waals surface area contributed by atoms with Gasteiger partial charge in [-0.15, -0.1) is 0 Å². The number of nitrogens with one attached hydrogen (secondary N) is 1. The third kappa shape index (κ3) is 3.18. The van der Waals surface area contributed by atoms with Crippen LogP contribution in [0.15, 0.2) is 28.7 Å². The standard InChI is InChI=1S/C16H23BrN2O/c17-14-4-3-5-15(12-14)20-11-10-19-9-8-18-13-16(19)6-1-2-7-16/h3-5,12,18H,1-2,6-11,13H2. The Morgan fingerprint density at radius 1 is 1.30 bits per heavy atom. The minimum atomic E-state index is 0.416. The van der Waals surface area contributed by atoms with Gasteiger partial charge in [0.15, 0.2) is 0 Å². The molecule has 1 heterocycles. The lowest BCUT2D eigenvalue weighted by molar-refractivity contribution is 0.0516. The highest BCUT2D eigenvalue weighted by molar-refractivity contribution is 9.10. The fourth-order valence-corrected chi connectivity index (χ4v) is 3.97. The Morgan fingerprint density at radius 2 is 2.15 bits per heavy atom. The monoisotopic (exact) mass is 338 g/mol. The number of ether oxygens (including phenoxy) is 1. The average Bonchev–Trinajstić information content (AvgIpc) is 2.90. The average molecular weight is 339 g/mol. The van der Waals surface area contributed by atoms with Crippen LogP contribution in [-0.2, 0) is 0 Å². The summed E-state index contributed by atoms with van der Waals surface area (Å²) in [7, 11) is 0. The summed E-state index contributed by atoms with van der Waals surface area (Å²) in [6, 6.07) is 8.09. The van der Waals surface area contributed by atoms with E-state index >= 15 is 0 Å². The molecule has 1 aliphatic carbocycles. The lowest BCUT2D eigenvalue weighted by Crippen LogP contribution is -2.60. The molecule has 3 nitrogen and oxygen atoms in total. The molecule has 0 atom stereocenters. The Balaban J connectivity index is 1.54. The van der Waals surface area contributed by atoms with Gasteiger partial charge in [-0.05, 0) is 31.0 Å². The zero-order chi connectivity index (χ0) is 13.8. The lowest BCUT2D eigenvalue weighted by atomic mass is 9.93. The number of hydrogen-bond donors (Lipinski definition) is 1. The molecule has 1 aliphatic heterocycles. The predicted octanol–water partition coefficient (Wildman–Crippen LogP) is 3.05. The Bertz CT molecular complexity index is 446. The van der Waals surface area contributed by atoms with E-state index in [1.165, 1.54) is 25.7 Å². The van der Waals surface area contributed by atoms with E-state index in [-0.39, 0.29) is 0 Å². The second-order valence-corrected chi connectivity index (χ2v) is 6.82. The molecule has 3 rings (SSSR count). The van der Waals surface area contributed by atoms with Gasteiger partial charge in [-0.3, -0.25) is 4.90 Å². The van der Waals surface area contributed by atoms with E-state index in [1.807, 2.05) is 24.3 Å². The molecule has 0 amide bonds. The Labute approximate surface area is 129 Å². The van der Waals surface area contributed by atoms with Gasteiger partial charge in [0.05, 0.1) is 0 Å². The van der Waals surface area contributed by atoms with Crippen LogP contribution in [0.25, 0.3) is 0 Å². The molecule has 1 saturated carbocycles. The maximum atomic E-state index is 5.90. The van der Waals surface area contributed by atoms with Gasteiger partial charge in [0.1, 0.15) is 12.4 Å². The number of nitrogens with zero attached hydrogens (tertiary/aromatic N) is 1. The smallest absolute Gasteiger partial charge is 0.120 e. The van der Waals surface area contributed by atoms with E-state index in [1.54, 1.807) is 0 Å². The summed E-state index contributed by atoms with van der Waals surface area (Å²) >= 11 is 3.48. The number of piperazine rings is 1. The molecular weight excluding hydrogens is 316 g/mol. The first kappa shape index (κ1) is 14.4. The molecular formula is C16H23BrN2O. The van der Waals surface area contributed by atoms with Gasteiger partial charge < -0.3 is 10.1 Å². The molecule has 4 heteroatoms. The van der Waals surface area contributed by atoms with Crippen molar-refractivity contribution in [2.45, 2.75) is 31.2 Å². The van der Waals surface area contributed by atoms with E-state index in [0.29, 0.717) is 5.54 Å². The summed E-state index contributed by atoms with van der Waals surface area (Å²) in [5.74, 6) is 0.954. The fraction of sp³-hybridized carbons (Fsp3) is 0.625. The summed E-state index contributed by atoms with van der Waals surface area (Å²) in [5.41, 5.74) is 0.416. The molecule has 0 radical (unpaired) electrons. The molecule has 1 aromatic carbocycles. The van der Waals surface area contributed by atoms with E-state index in [9.17, 15) is 0 Å². The fourth-order valence-electron chi connectivity index (χ4n) is 3.59. The molecule has 0 unspecified atom stereocenters. The largest absolute Gasteiger partial charge is 0.492 e. The van der Waals surface area contributed by atoms with E-state index in [4.69, 9.17) is 4.74 Å². The molecule has 0 bridgehead atoms. The third-order valence-corrected chi connectivity index (χ3v) is 5.14. The summed E-state index contributed by atoms with van der Waals surface area (Å²) < 4.78 is 6.97. The van der Waals surface area contributed by atoms with E-state index in [2.05, 4.69) is 26.1 Å². The maximum Gasteiger partial charge on any atom is 0.120 e. The van der Waals surface area contributed by atoms with Crippen LogP contribution in [-0.4, -0.2) is 43.2 Å². The van der Waals surface area contributed by atoms with Crippen molar-refractivity contribution in [1.29, 1.82) is 0 Å². The maximum absolute atomic E-state index is 5.90. The summed E-state index contributed by atoms with van der Waals surface area (Å²) in [5, 5.41) is 3.57. The highest BCUT2D eigenvalue weighted by Crippen LogP contribution is 2.35. The summed E-state index contributed by atoms with van der Waals surface area (Å²) in [6.07, 6.45) is 5.45. The van der Waals surface area contributed by atoms with Crippen LogP contribution in [0.1, 0.15) is 25.7 Å². The van der Waals surface area contributed by atoms with Crippen molar-refractivity contribution >= 4 is 15.9 Å². The molecule has 1 N–H and O–H groups in total. The zero-order valence-electron chi connectivity index (χ0n) is 11.9. The van der Waals surface area contributed by atoms with Gasteiger partial charge in [-0.2, -0.15) is 0 Å². The van der Waals surface area contributed by atoms with E-state index < -0.39 is 0 Å². The Morgan fingerprint density at radius 3 is 2.95 bits per heavy atom. The van der Waals surface area contributed by atoms with Crippen molar-refractivity contribution in [2.75, 3.05) is 32.8 Å². The molecule has 1 spiro atoms. The minimum absolute atomic E-state index is 0.416. The minimum Gasteiger partial charge on any atom is -0.492 e. The highest BCUT2D eigenvalue weighted by Gasteiger charge is 2.40. The second kappa shape index (κ2) is 6.46. The van der Waals surface area contributed by atoms with Crippen molar-refractivity contribution in [2.24, 2.45) is 0 Å². The van der Waals surface area contributed by atoms with E-state index in [0.717, 1.165) is 43.0 Å². The first-order valence-corrected chi connectivity index (χ1v) is 8.42. The van der Waals surface area contributed by atoms with Crippen molar-refractivity contribution in [1.82, 2.24) is 10.2 Å². The van der Waals surface area contributed by atoms with Crippen molar-refractivity contribution in [3.63, 3.8) is 0 Å². The molecule has 1 aromatic rings. The van der Waals surface area contributed by atoms with Crippen molar-refractivity contribution in [3.05, 3.63) is 28.7 Å². The van der Waals surface area contributed by atoms with Gasteiger partial charge in [0.25, 0.3) is 0 Å². The van der Waals surface area contributed by atoms with Crippen LogP contribution in [0.2, 0.25) is 0 Å². The quantitative estimate of drug-likeness (QED) is 0.913. The number of rotatable bonds is 4. The number of benzene rings is 1. The summed E-state index contributed by atoms with van der Waals surface area (Å²) in [4.78, 5) is 2.66. The molecule has 2 fully saturated rings. The first-order valence-electron chi connectivity index (χ1n) is 7.63. The third-order valence-electron chi connectivity index (χ3n) is 4.64. The Kier molecular flexibility index (Phi) is 4.64. The van der Waals surface area contributed by atoms with Gasteiger partial charge in [-0.1, -0.05) is 34.8 Å². The Hall–Kier alpha value is -0.580. The van der Waals surface area contributed by atoms with Crippen LogP contribution < -0.4 is 10.1 Å². The van der Waals surface area contributed by atoms with Crippen LogP contribution in [0.5, 0.6) is 5.75 Å². The normalized spacial score (nSPS) is 22.2. The number of hydrogen-bond acceptors (Lipinski definition) is 3. The topological polar surface area (TPSA) is 24.5 Å². The first-order chi connectivity index (χ1) is 9.78. The van der Waals surface area contributed by atoms with Crippen LogP contribution in [0, 0.1) is 0 Å². The SMILES string of the molecule is Brc1cccc(OCCN2CCNCC23CCCC3)c1. The molecule has 0 aromatic heterocycles. The molecule has 2 aliphatic rings. The second-order valence-electron chi connectivity index (χ2n) is 5.90. The highest BCUT2D eigenvalue weighted by atomic mass is 79.9. The van der Waals surface area contributed by atoms with Gasteiger partial charge >= 0.3 is 0 Å². The van der Waals surface area contributed by atoms with Crippen molar-refractivity contribution < 1.29 is 4.74 Å². The summed E-state index contributed by atoms with van der Waals surface area (Å²) in [6.45, 7) is 5.23. The number of halogens is 1. The van der Waals surface area contributed by atoms with Gasteiger partial charge in [0.2, 0.25) is 0 Å². The lowest BCUT2D eigenvalue weighted by Gasteiger charge is -2.45. The van der Waals surface area contributed by atoms with Gasteiger partial charge in [0, 0.05) is 36.2 Å². The predicted molar refractivity (Wildman–Crippen MR) is 85.3 cm³/mol. The molecule has 110 valence electrons. The van der Waals surface area contributed by atoms with Gasteiger partial charge in [-0.25, -0.2) is 0 Å². The van der Waals surface area contributed by atoms with Crippen LogP contribution in [0.3, 0.4) is 0 Å². The van der Waals surface area contributed by atoms with Crippen LogP contribution >= 0.6 is 15.9 Å². The molecule has 1 saturated heterocycles. The van der Waals surface area contributed by atoms with Crippen molar-refractivity contribution in [3.8, 4) is 5.75 Å². The van der Waals surface area contributed by atoms with Crippen LogP contribution in [0.4, 0.5) is 0 Å². The zero-order valence-corrected chi connectivity index (χ0v) is 13.5. The molecule has 20 heavy (non-hydrogen) atoms.